The molecule has 0 fully saturated rings. The van der Waals surface area contributed by atoms with Crippen LogP contribution in [-0.2, 0) is 6.61 Å². The second-order valence-electron chi connectivity index (χ2n) is 4.41. The van der Waals surface area contributed by atoms with Crippen LogP contribution in [0.1, 0.15) is 5.69 Å². The zero-order chi connectivity index (χ0) is 14.7. The van der Waals surface area contributed by atoms with Crippen LogP contribution in [0.3, 0.4) is 0 Å². The van der Waals surface area contributed by atoms with Gasteiger partial charge in [-0.15, -0.1) is 5.10 Å². The van der Waals surface area contributed by atoms with E-state index in [0.29, 0.717) is 11.4 Å². The molecule has 5 nitrogen and oxygen atoms in total. The smallest absolute Gasteiger partial charge is 0.134 e. The first-order valence-electron chi connectivity index (χ1n) is 6.30. The number of ether oxygens (including phenoxy) is 1. The Hall–Kier alpha value is -2.89. The normalized spacial score (nSPS) is 10.5. The van der Waals surface area contributed by atoms with E-state index in [1.807, 2.05) is 0 Å². The summed E-state index contributed by atoms with van der Waals surface area (Å²) in [6, 6.07) is 12.4. The van der Waals surface area contributed by atoms with Crippen molar-refractivity contribution >= 4 is 0 Å². The summed E-state index contributed by atoms with van der Waals surface area (Å²) in [6.45, 7) is 0.240. The van der Waals surface area contributed by atoms with Gasteiger partial charge in [-0.2, -0.15) is 0 Å². The lowest BCUT2D eigenvalue weighted by Crippen LogP contribution is -1.95. The van der Waals surface area contributed by atoms with Crippen LogP contribution >= 0.6 is 0 Å². The molecule has 0 aliphatic carbocycles. The highest BCUT2D eigenvalue weighted by Gasteiger charge is 2.04. The van der Waals surface area contributed by atoms with E-state index in [1.165, 1.54) is 12.1 Å². The Kier molecular flexibility index (Phi) is 3.51. The molecule has 0 spiro atoms. The van der Waals surface area contributed by atoms with Crippen LogP contribution in [0.5, 0.6) is 11.5 Å². The summed E-state index contributed by atoms with van der Waals surface area (Å²) < 4.78 is 19.8. The van der Waals surface area contributed by atoms with E-state index in [2.05, 4.69) is 10.3 Å². The van der Waals surface area contributed by atoms with E-state index in [4.69, 9.17) is 4.74 Å². The van der Waals surface area contributed by atoms with Crippen molar-refractivity contribution in [1.29, 1.82) is 0 Å². The average Bonchev–Trinajstić information content (AvgIpc) is 2.96. The van der Waals surface area contributed by atoms with Crippen LogP contribution in [0.2, 0.25) is 0 Å². The maximum absolute atomic E-state index is 12.8. The van der Waals surface area contributed by atoms with Gasteiger partial charge in [0, 0.05) is 0 Å². The topological polar surface area (TPSA) is 60.2 Å². The third kappa shape index (κ3) is 3.17. The number of nitrogens with zero attached hydrogens (tertiary/aromatic N) is 3. The Morgan fingerprint density at radius 1 is 1.05 bits per heavy atom. The molecule has 1 heterocycles. The molecule has 0 saturated heterocycles. The van der Waals surface area contributed by atoms with Crippen LogP contribution in [0.4, 0.5) is 4.39 Å². The van der Waals surface area contributed by atoms with E-state index in [1.54, 1.807) is 47.3 Å². The van der Waals surface area contributed by atoms with Gasteiger partial charge in [-0.25, -0.2) is 9.07 Å². The maximum atomic E-state index is 12.8. The summed E-state index contributed by atoms with van der Waals surface area (Å²) in [5.41, 5.74) is 1.43. The monoisotopic (exact) mass is 285 g/mol. The summed E-state index contributed by atoms with van der Waals surface area (Å²) in [5, 5.41) is 17.2. The second kappa shape index (κ2) is 5.62. The molecule has 0 unspecified atom stereocenters. The Morgan fingerprint density at radius 3 is 2.48 bits per heavy atom. The maximum Gasteiger partial charge on any atom is 0.134 e. The van der Waals surface area contributed by atoms with Gasteiger partial charge in [-0.1, -0.05) is 5.21 Å². The third-order valence-electron chi connectivity index (χ3n) is 2.86. The molecule has 0 saturated carbocycles. The zero-order valence-electron chi connectivity index (χ0n) is 11.0. The quantitative estimate of drug-likeness (QED) is 0.800. The molecule has 21 heavy (non-hydrogen) atoms. The lowest BCUT2D eigenvalue weighted by molar-refractivity contribution is 0.300. The number of phenolic OH excluding ortho intramolecular Hbond substituents is 1. The number of phenols is 1. The van der Waals surface area contributed by atoms with Gasteiger partial charge in [0.2, 0.25) is 0 Å². The molecule has 1 aromatic heterocycles. The highest BCUT2D eigenvalue weighted by Crippen LogP contribution is 2.15. The summed E-state index contributed by atoms with van der Waals surface area (Å²) >= 11 is 0. The zero-order valence-corrected chi connectivity index (χ0v) is 11.0. The van der Waals surface area contributed by atoms with Crippen LogP contribution < -0.4 is 4.74 Å². The van der Waals surface area contributed by atoms with Gasteiger partial charge in [-0.05, 0) is 48.5 Å². The van der Waals surface area contributed by atoms with Gasteiger partial charge in [0.15, 0.2) is 0 Å². The van der Waals surface area contributed by atoms with E-state index in [9.17, 15) is 9.50 Å². The van der Waals surface area contributed by atoms with E-state index in [0.717, 1.165) is 5.69 Å². The van der Waals surface area contributed by atoms with Gasteiger partial charge in [0.1, 0.15) is 29.6 Å². The van der Waals surface area contributed by atoms with Crippen molar-refractivity contribution in [3.8, 4) is 17.2 Å². The molecule has 106 valence electrons. The fourth-order valence-corrected chi connectivity index (χ4v) is 1.78. The second-order valence-corrected chi connectivity index (χ2v) is 4.41. The molecule has 3 aromatic rings. The average molecular weight is 285 g/mol. The van der Waals surface area contributed by atoms with Crippen molar-refractivity contribution < 1.29 is 14.2 Å². The molecule has 0 radical (unpaired) electrons. The number of aromatic hydroxyl groups is 1. The molecule has 3 rings (SSSR count). The predicted octanol–water partition coefficient (Wildman–Crippen LogP) is 2.69. The summed E-state index contributed by atoms with van der Waals surface area (Å²) in [4.78, 5) is 0. The number of hydrogen-bond donors (Lipinski definition) is 1. The first kappa shape index (κ1) is 13.1. The van der Waals surface area contributed by atoms with Crippen molar-refractivity contribution in [2.45, 2.75) is 6.61 Å². The van der Waals surface area contributed by atoms with Gasteiger partial charge < -0.3 is 9.84 Å². The Morgan fingerprint density at radius 2 is 1.76 bits per heavy atom. The minimum atomic E-state index is -0.305. The molecule has 6 heteroatoms. The van der Waals surface area contributed by atoms with E-state index >= 15 is 0 Å². The summed E-state index contributed by atoms with van der Waals surface area (Å²) in [6.07, 6.45) is 1.73. The van der Waals surface area contributed by atoms with E-state index < -0.39 is 0 Å². The van der Waals surface area contributed by atoms with Crippen LogP contribution in [0, 0.1) is 5.82 Å². The van der Waals surface area contributed by atoms with Crippen molar-refractivity contribution in [3.63, 3.8) is 0 Å². The van der Waals surface area contributed by atoms with Gasteiger partial charge >= 0.3 is 0 Å². The van der Waals surface area contributed by atoms with Gasteiger partial charge in [0.05, 0.1) is 11.9 Å². The number of hydrogen-bond acceptors (Lipinski definition) is 4. The Labute approximate surface area is 120 Å². The first-order chi connectivity index (χ1) is 10.2. The van der Waals surface area contributed by atoms with Gasteiger partial charge in [-0.3, -0.25) is 0 Å². The highest BCUT2D eigenvalue weighted by molar-refractivity contribution is 5.35. The number of aromatic nitrogens is 3. The fraction of sp³-hybridized carbons (Fsp3) is 0.0667. The third-order valence-corrected chi connectivity index (χ3v) is 2.86. The van der Waals surface area contributed by atoms with Crippen molar-refractivity contribution in [3.05, 3.63) is 66.2 Å². The largest absolute Gasteiger partial charge is 0.508 e. The molecular weight excluding hydrogens is 273 g/mol. The van der Waals surface area contributed by atoms with Crippen LogP contribution in [0.25, 0.3) is 5.69 Å². The van der Waals surface area contributed by atoms with Crippen molar-refractivity contribution in [2.75, 3.05) is 0 Å². The fourth-order valence-electron chi connectivity index (χ4n) is 1.78. The minimum Gasteiger partial charge on any atom is -0.508 e. The summed E-state index contributed by atoms with van der Waals surface area (Å²) in [5.74, 6) is 0.454. The van der Waals surface area contributed by atoms with E-state index in [-0.39, 0.29) is 18.2 Å². The van der Waals surface area contributed by atoms with Crippen LogP contribution in [0.15, 0.2) is 54.7 Å². The predicted molar refractivity (Wildman–Crippen MR) is 73.8 cm³/mol. The number of benzene rings is 2. The first-order valence-corrected chi connectivity index (χ1v) is 6.30. The molecule has 0 atom stereocenters. The lowest BCUT2D eigenvalue weighted by Gasteiger charge is -2.03. The molecule has 0 aliphatic heterocycles. The standard InChI is InChI=1S/C15H12FN3O2/c16-11-1-7-15(8-2-11)21-10-12-9-19(18-17-12)13-3-5-14(20)6-4-13/h1-9,20H,10H2. The molecule has 0 amide bonds. The van der Waals surface area contributed by atoms with Crippen molar-refractivity contribution in [2.24, 2.45) is 0 Å². The number of halogens is 1. The Balaban J connectivity index is 1.67. The molecule has 0 aliphatic rings. The summed E-state index contributed by atoms with van der Waals surface area (Å²) in [7, 11) is 0. The SMILES string of the molecule is Oc1ccc(-n2cc(COc3ccc(F)cc3)nn2)cc1. The van der Waals surface area contributed by atoms with Crippen LogP contribution in [-0.4, -0.2) is 20.1 Å². The molecule has 1 N–H and O–H groups in total. The van der Waals surface area contributed by atoms with Crippen molar-refractivity contribution in [1.82, 2.24) is 15.0 Å². The molecule has 0 bridgehead atoms. The highest BCUT2D eigenvalue weighted by atomic mass is 19.1. The minimum absolute atomic E-state index is 0.193. The lowest BCUT2D eigenvalue weighted by atomic mass is 10.3. The van der Waals surface area contributed by atoms with Gasteiger partial charge in [0.25, 0.3) is 0 Å². The molecule has 2 aromatic carbocycles. The number of rotatable bonds is 4. The molecular formula is C15H12FN3O2. The Bertz CT molecular complexity index is 723.